The van der Waals surface area contributed by atoms with Gasteiger partial charge in [-0.05, 0) is 54.6 Å². The molecule has 0 saturated heterocycles. The maximum Gasteiger partial charge on any atom is 0.353 e. The van der Waals surface area contributed by atoms with Crippen LogP contribution in [-0.2, 0) is 9.09 Å². The molecular weight excluding hydrogens is 430 g/mol. The minimum Gasteiger partial charge on any atom is -0.332 e. The van der Waals surface area contributed by atoms with Crippen molar-refractivity contribution in [2.24, 2.45) is 0 Å². The Hall–Kier alpha value is 0.0300. The van der Waals surface area contributed by atoms with Crippen LogP contribution >= 0.6 is 53.5 Å². The summed E-state index contributed by atoms with van der Waals surface area (Å²) in [5, 5.41) is 7.16. The number of rotatable bonds is 11. The van der Waals surface area contributed by atoms with Crippen LogP contribution in [0.5, 0.6) is 0 Å². The molecule has 2 N–H and O–H groups in total. The van der Waals surface area contributed by atoms with Gasteiger partial charge in [-0.1, -0.05) is 63.2 Å². The van der Waals surface area contributed by atoms with E-state index in [-0.39, 0.29) is 10.4 Å². The van der Waals surface area contributed by atoms with Gasteiger partial charge in [-0.3, -0.25) is 9.65 Å². The van der Waals surface area contributed by atoms with Crippen molar-refractivity contribution in [2.75, 3.05) is 11.9 Å². The SMILES string of the molecule is CCCCCCOP(=O)(NC(=S)Nc1ccc(Cl)c(Cl)c1)SC(C)CC. The fourth-order valence-corrected chi connectivity index (χ4v) is 7.10. The average Bonchev–Trinajstić information content (AvgIpc) is 2.57. The lowest BCUT2D eigenvalue weighted by Crippen LogP contribution is -2.26. The number of hydrogen-bond acceptors (Lipinski definition) is 4. The van der Waals surface area contributed by atoms with Crippen molar-refractivity contribution < 1.29 is 9.09 Å². The molecule has 148 valence electrons. The number of unbranched alkanes of at least 4 members (excludes halogenated alkanes) is 3. The Morgan fingerprint density at radius 1 is 1.27 bits per heavy atom. The van der Waals surface area contributed by atoms with Crippen LogP contribution in [0.3, 0.4) is 0 Å². The molecule has 2 atom stereocenters. The van der Waals surface area contributed by atoms with Crippen LogP contribution < -0.4 is 10.4 Å². The summed E-state index contributed by atoms with van der Waals surface area (Å²) < 4.78 is 18.9. The second-order valence-corrected chi connectivity index (χ2v) is 11.7. The van der Waals surface area contributed by atoms with E-state index in [4.69, 9.17) is 39.9 Å². The van der Waals surface area contributed by atoms with Gasteiger partial charge in [-0.25, -0.2) is 0 Å². The summed E-state index contributed by atoms with van der Waals surface area (Å²) in [6, 6.07) is 5.09. The largest absolute Gasteiger partial charge is 0.353 e. The van der Waals surface area contributed by atoms with E-state index in [0.717, 1.165) is 32.1 Å². The summed E-state index contributed by atoms with van der Waals surface area (Å²) >= 11 is 18.5. The highest BCUT2D eigenvalue weighted by atomic mass is 35.5. The second-order valence-electron chi connectivity index (χ2n) is 5.91. The first kappa shape index (κ1) is 24.1. The van der Waals surface area contributed by atoms with Crippen LogP contribution in [0.4, 0.5) is 5.69 Å². The lowest BCUT2D eigenvalue weighted by atomic mass is 10.2. The molecule has 9 heteroatoms. The quantitative estimate of drug-likeness (QED) is 0.204. The Labute approximate surface area is 176 Å². The third-order valence-corrected chi connectivity index (χ3v) is 9.16. The molecular formula is C17H27Cl2N2O2PS2. The first-order valence-corrected chi connectivity index (χ1v) is 13.0. The highest BCUT2D eigenvalue weighted by Crippen LogP contribution is 2.58. The van der Waals surface area contributed by atoms with Gasteiger partial charge < -0.3 is 9.84 Å². The maximum absolute atomic E-state index is 13.2. The molecule has 4 nitrogen and oxygen atoms in total. The predicted octanol–water partition coefficient (Wildman–Crippen LogP) is 7.52. The summed E-state index contributed by atoms with van der Waals surface area (Å²) in [7, 11) is 0. The van der Waals surface area contributed by atoms with E-state index in [0.29, 0.717) is 22.3 Å². The Bertz CT molecular complexity index is 635. The summed E-state index contributed by atoms with van der Waals surface area (Å²) in [6.07, 6.45) is 5.14. The molecule has 0 bridgehead atoms. The number of nitrogens with one attached hydrogen (secondary N) is 2. The topological polar surface area (TPSA) is 50.4 Å². The molecule has 0 heterocycles. The first-order valence-electron chi connectivity index (χ1n) is 8.77. The van der Waals surface area contributed by atoms with Crippen molar-refractivity contribution in [3.8, 4) is 0 Å². The lowest BCUT2D eigenvalue weighted by molar-refractivity contribution is 0.310. The molecule has 1 rings (SSSR count). The maximum atomic E-state index is 13.2. The van der Waals surface area contributed by atoms with Crippen molar-refractivity contribution in [3.05, 3.63) is 28.2 Å². The molecule has 0 aliphatic rings. The Morgan fingerprint density at radius 3 is 2.62 bits per heavy atom. The average molecular weight is 457 g/mol. The summed E-state index contributed by atoms with van der Waals surface area (Å²) in [4.78, 5) is 0. The lowest BCUT2D eigenvalue weighted by Gasteiger charge is -2.23. The highest BCUT2D eigenvalue weighted by molar-refractivity contribution is 8.56. The first-order chi connectivity index (χ1) is 12.3. The Morgan fingerprint density at radius 2 is 2.00 bits per heavy atom. The van der Waals surface area contributed by atoms with Crippen LogP contribution in [0, 0.1) is 0 Å². The number of thiocarbonyl (C=S) groups is 1. The molecule has 26 heavy (non-hydrogen) atoms. The number of halogens is 2. The summed E-state index contributed by atoms with van der Waals surface area (Å²) in [5.41, 5.74) is 0.667. The molecule has 0 radical (unpaired) electrons. The van der Waals surface area contributed by atoms with Gasteiger partial charge in [-0.15, -0.1) is 0 Å². The van der Waals surface area contributed by atoms with Crippen LogP contribution in [0.25, 0.3) is 0 Å². The van der Waals surface area contributed by atoms with Crippen molar-refractivity contribution >= 4 is 64.3 Å². The van der Waals surface area contributed by atoms with Gasteiger partial charge in [0.15, 0.2) is 5.11 Å². The summed E-state index contributed by atoms with van der Waals surface area (Å²) in [5.74, 6) is 0. The van der Waals surface area contributed by atoms with Crippen LogP contribution in [0.2, 0.25) is 10.0 Å². The van der Waals surface area contributed by atoms with Crippen LogP contribution in [0.1, 0.15) is 52.9 Å². The number of benzene rings is 1. The van der Waals surface area contributed by atoms with Crippen molar-refractivity contribution in [1.29, 1.82) is 0 Å². The monoisotopic (exact) mass is 456 g/mol. The zero-order chi connectivity index (χ0) is 19.6. The molecule has 1 aromatic rings. The van der Waals surface area contributed by atoms with Gasteiger partial charge in [-0.2, -0.15) is 0 Å². The van der Waals surface area contributed by atoms with Gasteiger partial charge in [0.05, 0.1) is 16.7 Å². The third kappa shape index (κ3) is 9.29. The standard InChI is InChI=1S/C17H27Cl2N2O2PS2/c1-4-6-7-8-11-23-24(22,26-13(3)5-2)21-17(25)20-14-9-10-15(18)16(19)12-14/h9-10,12-13H,4-8,11H2,1-3H3,(H2,20,21,22,25). The minimum atomic E-state index is -3.15. The van der Waals surface area contributed by atoms with E-state index >= 15 is 0 Å². The molecule has 0 aliphatic heterocycles. The zero-order valence-corrected chi connectivity index (χ0v) is 19.4. The van der Waals surface area contributed by atoms with Gasteiger partial charge in [0, 0.05) is 10.9 Å². The molecule has 0 spiro atoms. The number of anilines is 1. The van der Waals surface area contributed by atoms with Crippen molar-refractivity contribution in [2.45, 2.75) is 58.1 Å². The Kier molecular flexibility index (Phi) is 11.6. The van der Waals surface area contributed by atoms with E-state index in [2.05, 4.69) is 24.3 Å². The summed E-state index contributed by atoms with van der Waals surface area (Å²) in [6.45, 7) is 3.52. The molecule has 0 fully saturated rings. The normalized spacial score (nSPS) is 14.5. The van der Waals surface area contributed by atoms with Gasteiger partial charge in [0.1, 0.15) is 0 Å². The highest BCUT2D eigenvalue weighted by Gasteiger charge is 2.28. The third-order valence-electron chi connectivity index (χ3n) is 3.57. The van der Waals surface area contributed by atoms with Crippen LogP contribution in [-0.4, -0.2) is 17.0 Å². The minimum absolute atomic E-state index is 0.191. The molecule has 0 aromatic heterocycles. The molecule has 0 saturated carbocycles. The molecule has 0 amide bonds. The van der Waals surface area contributed by atoms with E-state index in [1.807, 2.05) is 6.92 Å². The second kappa shape index (κ2) is 12.5. The van der Waals surface area contributed by atoms with Gasteiger partial charge in [0.2, 0.25) is 0 Å². The van der Waals surface area contributed by atoms with Crippen LogP contribution in [0.15, 0.2) is 18.2 Å². The fourth-order valence-electron chi connectivity index (χ4n) is 1.97. The van der Waals surface area contributed by atoms with E-state index in [1.165, 1.54) is 11.4 Å². The molecule has 1 aromatic carbocycles. The predicted molar refractivity (Wildman–Crippen MR) is 121 cm³/mol. The zero-order valence-electron chi connectivity index (χ0n) is 15.4. The fraction of sp³-hybridized carbons (Fsp3) is 0.588. The molecule has 0 aliphatic carbocycles. The van der Waals surface area contributed by atoms with Gasteiger partial charge >= 0.3 is 6.72 Å². The molecule has 2 unspecified atom stereocenters. The van der Waals surface area contributed by atoms with E-state index in [9.17, 15) is 4.57 Å². The van der Waals surface area contributed by atoms with Crippen molar-refractivity contribution in [1.82, 2.24) is 5.09 Å². The van der Waals surface area contributed by atoms with E-state index < -0.39 is 6.72 Å². The Balaban J connectivity index is 2.68. The van der Waals surface area contributed by atoms with E-state index in [1.54, 1.807) is 18.2 Å². The number of hydrogen-bond donors (Lipinski definition) is 2. The van der Waals surface area contributed by atoms with Gasteiger partial charge in [0.25, 0.3) is 0 Å². The smallest absolute Gasteiger partial charge is 0.332 e. The van der Waals surface area contributed by atoms with Crippen molar-refractivity contribution in [3.63, 3.8) is 0 Å².